The maximum Gasteiger partial charge on any atom is 0.426 e. The standard InChI is InChI=1S/C9H5BrClF3/c10-7-4-2-1-3-6(7)5-8(11)9(12,13)14/h1-5H/b8-5-. The van der Waals surface area contributed by atoms with Gasteiger partial charge in [0, 0.05) is 4.47 Å². The van der Waals surface area contributed by atoms with Gasteiger partial charge in [-0.3, -0.25) is 0 Å². The summed E-state index contributed by atoms with van der Waals surface area (Å²) in [5, 5.41) is -1.13. The minimum Gasteiger partial charge on any atom is -0.165 e. The fourth-order valence-electron chi connectivity index (χ4n) is 0.811. The highest BCUT2D eigenvalue weighted by Gasteiger charge is 2.32. The average molecular weight is 285 g/mol. The molecule has 0 atom stereocenters. The molecule has 0 fully saturated rings. The second-order valence-corrected chi connectivity index (χ2v) is 3.77. The summed E-state index contributed by atoms with van der Waals surface area (Å²) in [5.74, 6) is 0. The van der Waals surface area contributed by atoms with Gasteiger partial charge in [-0.2, -0.15) is 13.2 Å². The van der Waals surface area contributed by atoms with Gasteiger partial charge in [-0.05, 0) is 17.7 Å². The molecule has 1 aromatic carbocycles. The third-order valence-electron chi connectivity index (χ3n) is 1.46. The number of benzene rings is 1. The molecule has 0 aliphatic heterocycles. The molecule has 0 nitrogen and oxygen atoms in total. The summed E-state index contributed by atoms with van der Waals surface area (Å²) in [5.41, 5.74) is 0.398. The van der Waals surface area contributed by atoms with Crippen LogP contribution in [0.2, 0.25) is 0 Å². The Morgan fingerprint density at radius 1 is 1.29 bits per heavy atom. The van der Waals surface area contributed by atoms with Crippen LogP contribution >= 0.6 is 27.5 Å². The minimum absolute atomic E-state index is 0.398. The van der Waals surface area contributed by atoms with Crippen molar-refractivity contribution in [3.63, 3.8) is 0 Å². The van der Waals surface area contributed by atoms with Gasteiger partial charge in [-0.15, -0.1) is 0 Å². The van der Waals surface area contributed by atoms with Crippen molar-refractivity contribution in [3.8, 4) is 0 Å². The Labute approximate surface area is 92.5 Å². The predicted molar refractivity (Wildman–Crippen MR) is 54.0 cm³/mol. The maximum atomic E-state index is 12.1. The average Bonchev–Trinajstić information content (AvgIpc) is 2.07. The highest BCUT2D eigenvalue weighted by Crippen LogP contribution is 2.31. The topological polar surface area (TPSA) is 0 Å². The van der Waals surface area contributed by atoms with Crippen molar-refractivity contribution in [2.24, 2.45) is 0 Å². The van der Waals surface area contributed by atoms with Crippen LogP contribution in [-0.2, 0) is 0 Å². The fraction of sp³-hybridized carbons (Fsp3) is 0.111. The Bertz CT molecular complexity index is 357. The Balaban J connectivity index is 3.04. The Hall–Kier alpha value is -0.480. The van der Waals surface area contributed by atoms with E-state index < -0.39 is 11.2 Å². The highest BCUT2D eigenvalue weighted by molar-refractivity contribution is 9.10. The van der Waals surface area contributed by atoms with Gasteiger partial charge in [-0.1, -0.05) is 45.7 Å². The quantitative estimate of drug-likeness (QED) is 0.708. The third-order valence-corrected chi connectivity index (χ3v) is 2.50. The minimum atomic E-state index is -4.49. The molecular formula is C9H5BrClF3. The summed E-state index contributed by atoms with van der Waals surface area (Å²) in [6, 6.07) is 6.53. The molecular weight excluding hydrogens is 280 g/mol. The van der Waals surface area contributed by atoms with Crippen LogP contribution in [0, 0.1) is 0 Å². The second-order valence-electron chi connectivity index (χ2n) is 2.51. The summed E-state index contributed by atoms with van der Waals surface area (Å²) in [6.45, 7) is 0. The Kier molecular flexibility index (Phi) is 3.61. The van der Waals surface area contributed by atoms with Crippen molar-refractivity contribution >= 4 is 33.6 Å². The van der Waals surface area contributed by atoms with Crippen molar-refractivity contribution in [1.29, 1.82) is 0 Å². The van der Waals surface area contributed by atoms with Crippen molar-refractivity contribution in [2.75, 3.05) is 0 Å². The van der Waals surface area contributed by atoms with E-state index in [-0.39, 0.29) is 0 Å². The van der Waals surface area contributed by atoms with Crippen LogP contribution in [-0.4, -0.2) is 6.18 Å². The molecule has 76 valence electrons. The molecule has 0 aliphatic carbocycles. The number of hydrogen-bond acceptors (Lipinski definition) is 0. The first-order valence-electron chi connectivity index (χ1n) is 3.60. The molecule has 0 heterocycles. The first-order chi connectivity index (χ1) is 6.41. The van der Waals surface area contributed by atoms with Gasteiger partial charge in [0.15, 0.2) is 0 Å². The zero-order valence-corrected chi connectivity index (χ0v) is 9.12. The summed E-state index contributed by atoms with van der Waals surface area (Å²) >= 11 is 8.20. The third kappa shape index (κ3) is 3.03. The zero-order chi connectivity index (χ0) is 10.8. The van der Waals surface area contributed by atoms with Gasteiger partial charge in [0.2, 0.25) is 0 Å². The molecule has 0 amide bonds. The van der Waals surface area contributed by atoms with Crippen LogP contribution in [0.15, 0.2) is 33.8 Å². The zero-order valence-electron chi connectivity index (χ0n) is 6.78. The van der Waals surface area contributed by atoms with Crippen molar-refractivity contribution in [2.45, 2.75) is 6.18 Å². The van der Waals surface area contributed by atoms with E-state index in [1.54, 1.807) is 18.2 Å². The lowest BCUT2D eigenvalue weighted by molar-refractivity contribution is -0.0836. The van der Waals surface area contributed by atoms with E-state index in [1.165, 1.54) is 6.07 Å². The van der Waals surface area contributed by atoms with Crippen LogP contribution in [0.1, 0.15) is 5.56 Å². The molecule has 0 aliphatic rings. The summed E-state index contributed by atoms with van der Waals surface area (Å²) in [6.07, 6.45) is -3.61. The molecule has 0 aromatic heterocycles. The molecule has 1 aromatic rings. The lowest BCUT2D eigenvalue weighted by Gasteiger charge is -2.04. The fourth-order valence-corrected chi connectivity index (χ4v) is 1.33. The van der Waals surface area contributed by atoms with Crippen molar-refractivity contribution < 1.29 is 13.2 Å². The van der Waals surface area contributed by atoms with Gasteiger partial charge in [0.05, 0.1) is 0 Å². The van der Waals surface area contributed by atoms with Gasteiger partial charge < -0.3 is 0 Å². The highest BCUT2D eigenvalue weighted by atomic mass is 79.9. The second kappa shape index (κ2) is 4.36. The summed E-state index contributed by atoms with van der Waals surface area (Å²) < 4.78 is 36.7. The van der Waals surface area contributed by atoms with Crippen LogP contribution < -0.4 is 0 Å². The Morgan fingerprint density at radius 3 is 2.36 bits per heavy atom. The van der Waals surface area contributed by atoms with Crippen LogP contribution in [0.3, 0.4) is 0 Å². The maximum absolute atomic E-state index is 12.1. The van der Waals surface area contributed by atoms with E-state index in [0.717, 1.165) is 6.08 Å². The van der Waals surface area contributed by atoms with Crippen molar-refractivity contribution in [1.82, 2.24) is 0 Å². The van der Waals surface area contributed by atoms with Gasteiger partial charge >= 0.3 is 6.18 Å². The summed E-state index contributed by atoms with van der Waals surface area (Å²) in [7, 11) is 0. The van der Waals surface area contributed by atoms with Crippen LogP contribution in [0.5, 0.6) is 0 Å². The largest absolute Gasteiger partial charge is 0.426 e. The van der Waals surface area contributed by atoms with Gasteiger partial charge in [0.25, 0.3) is 0 Å². The SMILES string of the molecule is FC(F)(F)/C(Cl)=C/c1ccccc1Br. The molecule has 0 bridgehead atoms. The number of alkyl halides is 3. The van der Waals surface area contributed by atoms with E-state index >= 15 is 0 Å². The van der Waals surface area contributed by atoms with Gasteiger partial charge in [0.1, 0.15) is 5.03 Å². The van der Waals surface area contributed by atoms with Gasteiger partial charge in [-0.25, -0.2) is 0 Å². The van der Waals surface area contributed by atoms with E-state index in [9.17, 15) is 13.2 Å². The number of allylic oxidation sites excluding steroid dienone is 1. The van der Waals surface area contributed by atoms with Crippen molar-refractivity contribution in [3.05, 3.63) is 39.3 Å². The Morgan fingerprint density at radius 2 is 1.86 bits per heavy atom. The first-order valence-corrected chi connectivity index (χ1v) is 4.77. The van der Waals surface area contributed by atoms with E-state index in [0.29, 0.717) is 10.0 Å². The predicted octanol–water partition coefficient (Wildman–Crippen LogP) is 4.59. The van der Waals surface area contributed by atoms with E-state index in [2.05, 4.69) is 15.9 Å². The molecule has 14 heavy (non-hydrogen) atoms. The molecule has 1 rings (SSSR count). The van der Waals surface area contributed by atoms with E-state index in [4.69, 9.17) is 11.6 Å². The first kappa shape index (κ1) is 11.6. The molecule has 0 radical (unpaired) electrons. The number of rotatable bonds is 1. The van der Waals surface area contributed by atoms with E-state index in [1.807, 2.05) is 0 Å². The molecule has 0 spiro atoms. The number of halogens is 5. The van der Waals surface area contributed by atoms with Crippen LogP contribution in [0.4, 0.5) is 13.2 Å². The molecule has 0 N–H and O–H groups in total. The lowest BCUT2D eigenvalue weighted by Crippen LogP contribution is -2.06. The molecule has 0 saturated carbocycles. The monoisotopic (exact) mass is 284 g/mol. The lowest BCUT2D eigenvalue weighted by atomic mass is 10.2. The van der Waals surface area contributed by atoms with Crippen LogP contribution in [0.25, 0.3) is 6.08 Å². The molecule has 0 unspecified atom stereocenters. The number of hydrogen-bond donors (Lipinski definition) is 0. The summed E-state index contributed by atoms with van der Waals surface area (Å²) in [4.78, 5) is 0. The normalized spacial score (nSPS) is 13.1. The molecule has 0 saturated heterocycles. The molecule has 5 heteroatoms. The smallest absolute Gasteiger partial charge is 0.165 e.